The van der Waals surface area contributed by atoms with Crippen LogP contribution in [0.1, 0.15) is 41.3 Å². The number of carbonyl (C=O) groups excluding carboxylic acids is 1. The van der Waals surface area contributed by atoms with Crippen LogP contribution in [0.3, 0.4) is 0 Å². The van der Waals surface area contributed by atoms with Gasteiger partial charge in [-0.2, -0.15) is 0 Å². The predicted octanol–water partition coefficient (Wildman–Crippen LogP) is 3.58. The first-order valence-corrected chi connectivity index (χ1v) is 8.48. The van der Waals surface area contributed by atoms with Gasteiger partial charge in [0.2, 0.25) is 5.95 Å². The van der Waals surface area contributed by atoms with Gasteiger partial charge in [0.1, 0.15) is 0 Å². The lowest BCUT2D eigenvalue weighted by Crippen LogP contribution is -2.34. The van der Waals surface area contributed by atoms with Gasteiger partial charge >= 0.3 is 0 Å². The highest BCUT2D eigenvalue weighted by Crippen LogP contribution is 2.20. The first-order valence-electron chi connectivity index (χ1n) is 8.48. The van der Waals surface area contributed by atoms with Gasteiger partial charge in [-0.3, -0.25) is 4.79 Å². The molecule has 0 unspecified atom stereocenters. The predicted molar refractivity (Wildman–Crippen MR) is 96.5 cm³/mol. The maximum Gasteiger partial charge on any atom is 0.255 e. The van der Waals surface area contributed by atoms with Crippen LogP contribution in [0.25, 0.3) is 0 Å². The molecule has 0 spiro atoms. The Hall–Kier alpha value is -2.43. The number of amides is 1. The molecule has 1 fully saturated rings. The highest BCUT2D eigenvalue weighted by molar-refractivity contribution is 6.04. The van der Waals surface area contributed by atoms with Crippen LogP contribution >= 0.6 is 0 Å². The molecule has 24 heavy (non-hydrogen) atoms. The average molecular weight is 324 g/mol. The van der Waals surface area contributed by atoms with E-state index in [1.807, 2.05) is 32.0 Å². The van der Waals surface area contributed by atoms with E-state index in [9.17, 15) is 4.79 Å². The molecule has 1 aliphatic rings. The van der Waals surface area contributed by atoms with E-state index in [1.165, 1.54) is 12.8 Å². The van der Waals surface area contributed by atoms with E-state index < -0.39 is 0 Å². The summed E-state index contributed by atoms with van der Waals surface area (Å²) >= 11 is 0. The number of hydrogen-bond donors (Lipinski definition) is 1. The number of carbonyl (C=O) groups is 1. The Morgan fingerprint density at radius 3 is 2.25 bits per heavy atom. The smallest absolute Gasteiger partial charge is 0.255 e. The first-order chi connectivity index (χ1) is 11.5. The van der Waals surface area contributed by atoms with Gasteiger partial charge in [0.05, 0.1) is 18.1 Å². The highest BCUT2D eigenvalue weighted by atomic mass is 16.1. The summed E-state index contributed by atoms with van der Waals surface area (Å²) in [6.07, 6.45) is 5.71. The number of aryl methyl sites for hydroxylation is 2. The lowest BCUT2D eigenvalue weighted by Gasteiger charge is -2.30. The number of piperidine rings is 1. The van der Waals surface area contributed by atoms with E-state index in [1.54, 1.807) is 12.4 Å². The topological polar surface area (TPSA) is 58.1 Å². The van der Waals surface area contributed by atoms with Gasteiger partial charge in [-0.25, -0.2) is 9.97 Å². The van der Waals surface area contributed by atoms with Gasteiger partial charge in [-0.15, -0.1) is 0 Å². The Labute approximate surface area is 143 Å². The number of aromatic nitrogens is 2. The van der Waals surface area contributed by atoms with Crippen LogP contribution in [0.5, 0.6) is 0 Å². The molecule has 0 atom stereocenters. The summed E-state index contributed by atoms with van der Waals surface area (Å²) in [5, 5.41) is 2.87. The van der Waals surface area contributed by atoms with Crippen molar-refractivity contribution >= 4 is 17.5 Å². The number of nitrogens with zero attached hydrogens (tertiary/aromatic N) is 3. The molecule has 1 amide bonds. The standard InChI is InChI=1S/C19H24N4O/c1-13-4-6-23(7-5-13)19-20-11-17(12-21-19)22-18(24)16-9-14(2)8-15(3)10-16/h8-13H,4-7H2,1-3H3,(H,22,24). The minimum absolute atomic E-state index is 0.134. The molecule has 2 aromatic rings. The fourth-order valence-electron chi connectivity index (χ4n) is 3.07. The van der Waals surface area contributed by atoms with E-state index in [2.05, 4.69) is 27.1 Å². The van der Waals surface area contributed by atoms with Crippen molar-refractivity contribution < 1.29 is 4.79 Å². The number of anilines is 2. The first kappa shape index (κ1) is 16.4. The zero-order valence-corrected chi connectivity index (χ0v) is 14.5. The molecular weight excluding hydrogens is 300 g/mol. The molecule has 1 aromatic carbocycles. The maximum atomic E-state index is 12.4. The zero-order valence-electron chi connectivity index (χ0n) is 14.5. The van der Waals surface area contributed by atoms with Gasteiger partial charge in [0.25, 0.3) is 5.91 Å². The van der Waals surface area contributed by atoms with Crippen molar-refractivity contribution in [2.75, 3.05) is 23.3 Å². The second kappa shape index (κ2) is 6.99. The molecule has 1 aliphatic heterocycles. The van der Waals surface area contributed by atoms with E-state index in [0.717, 1.165) is 36.1 Å². The Bertz CT molecular complexity index is 698. The normalized spacial score (nSPS) is 15.4. The van der Waals surface area contributed by atoms with E-state index in [4.69, 9.17) is 0 Å². The van der Waals surface area contributed by atoms with E-state index in [-0.39, 0.29) is 5.91 Å². The summed E-state index contributed by atoms with van der Waals surface area (Å²) in [6, 6.07) is 5.81. The summed E-state index contributed by atoms with van der Waals surface area (Å²) in [5.41, 5.74) is 3.42. The molecule has 0 saturated carbocycles. The van der Waals surface area contributed by atoms with Crippen LogP contribution in [0.15, 0.2) is 30.6 Å². The van der Waals surface area contributed by atoms with Gasteiger partial charge in [0, 0.05) is 18.7 Å². The second-order valence-corrected chi connectivity index (χ2v) is 6.77. The van der Waals surface area contributed by atoms with Crippen molar-refractivity contribution in [3.8, 4) is 0 Å². The third-order valence-corrected chi connectivity index (χ3v) is 4.45. The van der Waals surface area contributed by atoms with Crippen molar-refractivity contribution in [2.45, 2.75) is 33.6 Å². The Morgan fingerprint density at radius 2 is 1.67 bits per heavy atom. The minimum Gasteiger partial charge on any atom is -0.341 e. The molecule has 0 radical (unpaired) electrons. The van der Waals surface area contributed by atoms with Gasteiger partial charge in [-0.1, -0.05) is 24.1 Å². The van der Waals surface area contributed by atoms with Crippen LogP contribution in [0, 0.1) is 19.8 Å². The fraction of sp³-hybridized carbons (Fsp3) is 0.421. The molecule has 126 valence electrons. The summed E-state index contributed by atoms with van der Waals surface area (Å²) in [5.74, 6) is 1.38. The molecular formula is C19H24N4O. The number of nitrogens with one attached hydrogen (secondary N) is 1. The lowest BCUT2D eigenvalue weighted by molar-refractivity contribution is 0.102. The maximum absolute atomic E-state index is 12.4. The molecule has 0 bridgehead atoms. The monoisotopic (exact) mass is 324 g/mol. The molecule has 5 nitrogen and oxygen atoms in total. The Balaban J connectivity index is 1.66. The number of hydrogen-bond acceptors (Lipinski definition) is 4. The van der Waals surface area contributed by atoms with Crippen LogP contribution < -0.4 is 10.2 Å². The molecule has 3 rings (SSSR count). The third-order valence-electron chi connectivity index (χ3n) is 4.45. The molecule has 0 aliphatic carbocycles. The zero-order chi connectivity index (χ0) is 17.1. The summed E-state index contributed by atoms with van der Waals surface area (Å²) in [6.45, 7) is 8.25. The van der Waals surface area contributed by atoms with Gasteiger partial charge in [-0.05, 0) is 44.7 Å². The quantitative estimate of drug-likeness (QED) is 0.937. The third kappa shape index (κ3) is 3.91. The average Bonchev–Trinajstić information content (AvgIpc) is 2.55. The van der Waals surface area contributed by atoms with Crippen molar-refractivity contribution in [3.63, 3.8) is 0 Å². The summed E-state index contributed by atoms with van der Waals surface area (Å²) in [7, 11) is 0. The van der Waals surface area contributed by atoms with E-state index >= 15 is 0 Å². The van der Waals surface area contributed by atoms with E-state index in [0.29, 0.717) is 11.3 Å². The largest absolute Gasteiger partial charge is 0.341 e. The fourth-order valence-corrected chi connectivity index (χ4v) is 3.07. The second-order valence-electron chi connectivity index (χ2n) is 6.77. The summed E-state index contributed by atoms with van der Waals surface area (Å²) < 4.78 is 0. The molecule has 1 N–H and O–H groups in total. The van der Waals surface area contributed by atoms with Crippen LogP contribution in [-0.4, -0.2) is 29.0 Å². The number of benzene rings is 1. The highest BCUT2D eigenvalue weighted by Gasteiger charge is 2.18. The van der Waals surface area contributed by atoms with Crippen LogP contribution in [-0.2, 0) is 0 Å². The molecule has 2 heterocycles. The van der Waals surface area contributed by atoms with Gasteiger partial charge in [0.15, 0.2) is 0 Å². The molecule has 1 saturated heterocycles. The van der Waals surface area contributed by atoms with Crippen molar-refractivity contribution in [1.29, 1.82) is 0 Å². The van der Waals surface area contributed by atoms with Crippen molar-refractivity contribution in [3.05, 3.63) is 47.3 Å². The molecule has 5 heteroatoms. The Kier molecular flexibility index (Phi) is 4.79. The van der Waals surface area contributed by atoms with Crippen molar-refractivity contribution in [2.24, 2.45) is 5.92 Å². The SMILES string of the molecule is Cc1cc(C)cc(C(=O)Nc2cnc(N3CCC(C)CC3)nc2)c1. The summed E-state index contributed by atoms with van der Waals surface area (Å²) in [4.78, 5) is 23.4. The minimum atomic E-state index is -0.134. The van der Waals surface area contributed by atoms with Gasteiger partial charge < -0.3 is 10.2 Å². The van der Waals surface area contributed by atoms with Crippen molar-refractivity contribution in [1.82, 2.24) is 9.97 Å². The lowest BCUT2D eigenvalue weighted by atomic mass is 10.00. The molecule has 1 aromatic heterocycles. The Morgan fingerprint density at radius 1 is 1.08 bits per heavy atom. The van der Waals surface area contributed by atoms with Crippen LogP contribution in [0.4, 0.5) is 11.6 Å². The number of rotatable bonds is 3. The van der Waals surface area contributed by atoms with Crippen LogP contribution in [0.2, 0.25) is 0 Å².